The molecule has 2 N–H and O–H groups in total. The van der Waals surface area contributed by atoms with E-state index in [4.69, 9.17) is 4.74 Å². The molecule has 1 aromatic rings. The largest absolute Gasteiger partial charge is 0.456 e. The van der Waals surface area contributed by atoms with E-state index >= 15 is 0 Å². The van der Waals surface area contributed by atoms with Gasteiger partial charge < -0.3 is 15.4 Å². The molecule has 1 aliphatic carbocycles. The van der Waals surface area contributed by atoms with E-state index in [1.54, 1.807) is 18.7 Å². The number of hydrogen-bond acceptors (Lipinski definition) is 6. The molecule has 1 spiro atoms. The summed E-state index contributed by atoms with van der Waals surface area (Å²) >= 11 is 0. The van der Waals surface area contributed by atoms with Gasteiger partial charge >= 0.3 is 12.0 Å². The SMILES string of the molecule is Cc1nn(C)c(C)c1NC(=O)COC(=O)CCN1C(=O)NC2(CCCC2)C1=O. The Bertz CT molecular complexity index is 825. The molecule has 2 fully saturated rings. The molecule has 1 saturated heterocycles. The Morgan fingerprint density at radius 1 is 1.25 bits per heavy atom. The first-order chi connectivity index (χ1) is 13.2. The number of imide groups is 1. The molecule has 152 valence electrons. The summed E-state index contributed by atoms with van der Waals surface area (Å²) in [4.78, 5) is 49.6. The van der Waals surface area contributed by atoms with Crippen molar-refractivity contribution in [2.24, 2.45) is 7.05 Å². The Hall–Kier alpha value is -2.91. The number of aromatic nitrogens is 2. The van der Waals surface area contributed by atoms with Gasteiger partial charge in [-0.3, -0.25) is 24.0 Å². The number of amides is 4. The summed E-state index contributed by atoms with van der Waals surface area (Å²) in [5, 5.41) is 9.62. The average molecular weight is 391 g/mol. The summed E-state index contributed by atoms with van der Waals surface area (Å²) in [6.07, 6.45) is 2.89. The highest BCUT2D eigenvalue weighted by Crippen LogP contribution is 2.35. The van der Waals surface area contributed by atoms with Crippen LogP contribution in [0.3, 0.4) is 0 Å². The fourth-order valence-corrected chi connectivity index (χ4v) is 3.75. The highest BCUT2D eigenvalue weighted by Gasteiger charge is 2.52. The van der Waals surface area contributed by atoms with Crippen molar-refractivity contribution >= 4 is 29.5 Å². The van der Waals surface area contributed by atoms with Gasteiger partial charge in [-0.15, -0.1) is 0 Å². The van der Waals surface area contributed by atoms with Crippen LogP contribution in [0.1, 0.15) is 43.5 Å². The number of esters is 1. The number of carbonyl (C=O) groups is 4. The van der Waals surface area contributed by atoms with Crippen LogP contribution in [-0.2, 0) is 26.2 Å². The molecule has 0 aromatic carbocycles. The lowest BCUT2D eigenvalue weighted by Gasteiger charge is -2.19. The fraction of sp³-hybridized carbons (Fsp3) is 0.611. The molecular formula is C18H25N5O5. The Morgan fingerprint density at radius 2 is 1.93 bits per heavy atom. The third-order valence-corrected chi connectivity index (χ3v) is 5.38. The maximum absolute atomic E-state index is 12.5. The van der Waals surface area contributed by atoms with Crippen LogP contribution in [0.25, 0.3) is 0 Å². The van der Waals surface area contributed by atoms with Crippen LogP contribution in [-0.4, -0.2) is 57.2 Å². The van der Waals surface area contributed by atoms with Crippen molar-refractivity contribution in [1.82, 2.24) is 20.0 Å². The zero-order valence-electron chi connectivity index (χ0n) is 16.3. The molecule has 2 heterocycles. The van der Waals surface area contributed by atoms with Gasteiger partial charge in [-0.1, -0.05) is 12.8 Å². The van der Waals surface area contributed by atoms with Crippen molar-refractivity contribution in [3.63, 3.8) is 0 Å². The average Bonchev–Trinajstić information content (AvgIpc) is 3.27. The Labute approximate surface area is 162 Å². The zero-order chi connectivity index (χ0) is 20.5. The van der Waals surface area contributed by atoms with Gasteiger partial charge in [-0.2, -0.15) is 5.10 Å². The molecule has 28 heavy (non-hydrogen) atoms. The summed E-state index contributed by atoms with van der Waals surface area (Å²) in [5.41, 5.74) is 1.25. The minimum absolute atomic E-state index is 0.0618. The van der Waals surface area contributed by atoms with Gasteiger partial charge in [0.15, 0.2) is 6.61 Å². The van der Waals surface area contributed by atoms with Gasteiger partial charge in [0.2, 0.25) is 0 Å². The fourth-order valence-electron chi connectivity index (χ4n) is 3.75. The number of nitrogens with zero attached hydrogens (tertiary/aromatic N) is 3. The van der Waals surface area contributed by atoms with Crippen LogP contribution in [0.2, 0.25) is 0 Å². The molecule has 3 rings (SSSR count). The maximum Gasteiger partial charge on any atom is 0.325 e. The van der Waals surface area contributed by atoms with Gasteiger partial charge in [0.05, 0.1) is 23.5 Å². The van der Waals surface area contributed by atoms with E-state index in [1.165, 1.54) is 0 Å². The number of nitrogens with one attached hydrogen (secondary N) is 2. The lowest BCUT2D eigenvalue weighted by molar-refractivity contribution is -0.147. The van der Waals surface area contributed by atoms with Crippen molar-refractivity contribution in [1.29, 1.82) is 0 Å². The monoisotopic (exact) mass is 391 g/mol. The van der Waals surface area contributed by atoms with Gasteiger partial charge in [-0.05, 0) is 26.7 Å². The number of urea groups is 1. The van der Waals surface area contributed by atoms with E-state index < -0.39 is 30.1 Å². The van der Waals surface area contributed by atoms with E-state index in [2.05, 4.69) is 15.7 Å². The van der Waals surface area contributed by atoms with Gasteiger partial charge in [0.1, 0.15) is 5.54 Å². The molecular weight excluding hydrogens is 366 g/mol. The maximum atomic E-state index is 12.5. The second kappa shape index (κ2) is 7.61. The van der Waals surface area contributed by atoms with Crippen LogP contribution in [0.5, 0.6) is 0 Å². The minimum atomic E-state index is -0.791. The smallest absolute Gasteiger partial charge is 0.325 e. The quantitative estimate of drug-likeness (QED) is 0.546. The molecule has 0 unspecified atom stereocenters. The molecule has 2 aliphatic rings. The number of carbonyl (C=O) groups excluding carboxylic acids is 4. The predicted molar refractivity (Wildman–Crippen MR) is 98.3 cm³/mol. The highest BCUT2D eigenvalue weighted by atomic mass is 16.5. The molecule has 0 bridgehead atoms. The Morgan fingerprint density at radius 3 is 2.54 bits per heavy atom. The van der Waals surface area contributed by atoms with Crippen LogP contribution in [0.15, 0.2) is 0 Å². The number of hydrogen-bond donors (Lipinski definition) is 2. The molecule has 4 amide bonds. The van der Waals surface area contributed by atoms with Crippen molar-refractivity contribution in [3.05, 3.63) is 11.4 Å². The standard InChI is InChI=1S/C18H25N5O5/c1-11-15(12(2)22(3)21-11)19-13(24)10-28-14(25)6-9-23-16(26)18(20-17(23)27)7-4-5-8-18/h4-10H2,1-3H3,(H,19,24)(H,20,27). The Balaban J connectivity index is 1.45. The number of anilines is 1. The van der Waals surface area contributed by atoms with Crippen LogP contribution < -0.4 is 10.6 Å². The Kier molecular flexibility index (Phi) is 5.39. The topological polar surface area (TPSA) is 123 Å². The lowest BCUT2D eigenvalue weighted by atomic mass is 9.98. The summed E-state index contributed by atoms with van der Waals surface area (Å²) < 4.78 is 6.61. The van der Waals surface area contributed by atoms with Crippen LogP contribution in [0, 0.1) is 13.8 Å². The van der Waals surface area contributed by atoms with Crippen molar-refractivity contribution in [2.45, 2.75) is 51.5 Å². The second-order valence-corrected chi connectivity index (χ2v) is 7.30. The van der Waals surface area contributed by atoms with E-state index in [0.29, 0.717) is 24.2 Å². The van der Waals surface area contributed by atoms with Crippen LogP contribution >= 0.6 is 0 Å². The van der Waals surface area contributed by atoms with Crippen molar-refractivity contribution < 1.29 is 23.9 Å². The molecule has 0 atom stereocenters. The molecule has 10 nitrogen and oxygen atoms in total. The van der Waals surface area contributed by atoms with Gasteiger partial charge in [-0.25, -0.2) is 4.79 Å². The summed E-state index contributed by atoms with van der Waals surface area (Å²) in [6.45, 7) is 3.07. The van der Waals surface area contributed by atoms with E-state index in [-0.39, 0.29) is 18.9 Å². The van der Waals surface area contributed by atoms with Crippen molar-refractivity contribution in [3.8, 4) is 0 Å². The van der Waals surface area contributed by atoms with E-state index in [1.807, 2.05) is 6.92 Å². The third kappa shape index (κ3) is 3.71. The lowest BCUT2D eigenvalue weighted by Crippen LogP contribution is -2.44. The zero-order valence-corrected chi connectivity index (χ0v) is 16.3. The first kappa shape index (κ1) is 19.8. The van der Waals surface area contributed by atoms with Crippen LogP contribution in [0.4, 0.5) is 10.5 Å². The molecule has 1 saturated carbocycles. The second-order valence-electron chi connectivity index (χ2n) is 7.30. The first-order valence-electron chi connectivity index (χ1n) is 9.33. The summed E-state index contributed by atoms with van der Waals surface area (Å²) in [5.74, 6) is -1.40. The number of aryl methyl sites for hydroxylation is 2. The van der Waals surface area contributed by atoms with Gasteiger partial charge in [0.25, 0.3) is 11.8 Å². The van der Waals surface area contributed by atoms with Gasteiger partial charge in [0, 0.05) is 13.6 Å². The normalized spacial score (nSPS) is 17.9. The van der Waals surface area contributed by atoms with E-state index in [0.717, 1.165) is 23.4 Å². The molecule has 1 aromatic heterocycles. The number of rotatable bonds is 6. The van der Waals surface area contributed by atoms with Crippen molar-refractivity contribution in [2.75, 3.05) is 18.5 Å². The third-order valence-electron chi connectivity index (χ3n) is 5.38. The first-order valence-corrected chi connectivity index (χ1v) is 9.33. The summed E-state index contributed by atoms with van der Waals surface area (Å²) in [7, 11) is 1.77. The molecule has 0 radical (unpaired) electrons. The highest BCUT2D eigenvalue weighted by molar-refractivity contribution is 6.07. The minimum Gasteiger partial charge on any atom is -0.456 e. The summed E-state index contributed by atoms with van der Waals surface area (Å²) in [6, 6.07) is -0.472. The van der Waals surface area contributed by atoms with E-state index in [9.17, 15) is 19.2 Å². The molecule has 10 heteroatoms. The number of ether oxygens (including phenoxy) is 1. The predicted octanol–water partition coefficient (Wildman–Crippen LogP) is 0.773. The molecule has 1 aliphatic heterocycles.